The summed E-state index contributed by atoms with van der Waals surface area (Å²) in [5.41, 5.74) is 0.499. The smallest absolute Gasteiger partial charge is 0.339 e. The molecule has 0 spiro atoms. The van der Waals surface area contributed by atoms with Crippen molar-refractivity contribution in [2.24, 2.45) is 0 Å². The molecule has 0 aromatic carbocycles. The van der Waals surface area contributed by atoms with Gasteiger partial charge in [-0.1, -0.05) is 11.8 Å². The molecule has 3 aliphatic rings. The number of amides is 1. The van der Waals surface area contributed by atoms with Gasteiger partial charge in [0.1, 0.15) is 15.5 Å². The molecule has 1 unspecified atom stereocenters. The summed E-state index contributed by atoms with van der Waals surface area (Å²) in [6.45, 7) is 2.75. The molecule has 0 bridgehead atoms. The first-order valence-electron chi connectivity index (χ1n) is 8.57. The molecule has 2 saturated heterocycles. The van der Waals surface area contributed by atoms with Gasteiger partial charge in [-0.2, -0.15) is 0 Å². The third kappa shape index (κ3) is 3.67. The monoisotopic (exact) mass is 388 g/mol. The minimum atomic E-state index is -3.02. The molecule has 0 aromatic heterocycles. The van der Waals surface area contributed by atoms with Gasteiger partial charge in [-0.3, -0.25) is 4.79 Å². The lowest BCUT2D eigenvalue weighted by Crippen LogP contribution is -2.50. The average molecular weight is 389 g/mol. The Morgan fingerprint density at radius 2 is 1.92 bits per heavy atom. The van der Waals surface area contributed by atoms with E-state index in [0.29, 0.717) is 18.5 Å². The minimum absolute atomic E-state index is 0.0719. The Morgan fingerprint density at radius 1 is 1.24 bits per heavy atom. The van der Waals surface area contributed by atoms with Gasteiger partial charge in [0.15, 0.2) is 5.37 Å². The van der Waals surface area contributed by atoms with Gasteiger partial charge in [-0.25, -0.2) is 13.2 Å². The number of carbonyl (C=O) groups excluding carboxylic acids is 2. The lowest BCUT2D eigenvalue weighted by molar-refractivity contribution is -0.143. The summed E-state index contributed by atoms with van der Waals surface area (Å²) in [4.78, 5) is 28.9. The molecule has 0 saturated carbocycles. The van der Waals surface area contributed by atoms with Crippen LogP contribution in [0, 0.1) is 0 Å². The molecule has 2 atom stereocenters. The zero-order valence-electron chi connectivity index (χ0n) is 14.5. The van der Waals surface area contributed by atoms with Crippen molar-refractivity contribution in [1.82, 2.24) is 9.80 Å². The van der Waals surface area contributed by atoms with E-state index in [9.17, 15) is 18.0 Å². The van der Waals surface area contributed by atoms with Gasteiger partial charge in [-0.15, -0.1) is 0 Å². The summed E-state index contributed by atoms with van der Waals surface area (Å²) in [5, 5.41) is 1.12. The highest BCUT2D eigenvalue weighted by atomic mass is 32.2. The van der Waals surface area contributed by atoms with Crippen molar-refractivity contribution in [3.05, 3.63) is 11.1 Å². The second kappa shape index (κ2) is 7.19. The van der Waals surface area contributed by atoms with Crippen LogP contribution in [0.4, 0.5) is 0 Å². The van der Waals surface area contributed by atoms with Crippen LogP contribution in [-0.4, -0.2) is 72.7 Å². The fourth-order valence-electron chi connectivity index (χ4n) is 3.74. The van der Waals surface area contributed by atoms with Gasteiger partial charge < -0.3 is 14.5 Å². The molecular formula is C16H24N2O5S2. The maximum atomic E-state index is 13.0. The zero-order chi connectivity index (χ0) is 18.2. The quantitative estimate of drug-likeness (QED) is 0.666. The van der Waals surface area contributed by atoms with Crippen molar-refractivity contribution < 1.29 is 22.7 Å². The molecule has 140 valence electrons. The predicted octanol–water partition coefficient (Wildman–Crippen LogP) is 0.964. The molecular weight excluding hydrogens is 364 g/mol. The van der Waals surface area contributed by atoms with E-state index in [-0.39, 0.29) is 29.5 Å². The number of rotatable bonds is 3. The topological polar surface area (TPSA) is 84.0 Å². The van der Waals surface area contributed by atoms with Gasteiger partial charge in [-0.05, 0) is 32.6 Å². The lowest BCUT2D eigenvalue weighted by Gasteiger charge is -2.38. The molecule has 9 heteroatoms. The molecule has 2 fully saturated rings. The fourth-order valence-corrected chi connectivity index (χ4v) is 6.31. The molecule has 0 radical (unpaired) electrons. The minimum Gasteiger partial charge on any atom is -0.467 e. The average Bonchev–Trinajstić information content (AvgIpc) is 3.20. The Balaban J connectivity index is 1.83. The Labute approximate surface area is 152 Å². The zero-order valence-corrected chi connectivity index (χ0v) is 16.1. The van der Waals surface area contributed by atoms with E-state index in [1.165, 1.54) is 18.9 Å². The number of hydrogen-bond donors (Lipinski definition) is 0. The predicted molar refractivity (Wildman–Crippen MR) is 95.4 cm³/mol. The van der Waals surface area contributed by atoms with Gasteiger partial charge in [0.25, 0.3) is 5.91 Å². The van der Waals surface area contributed by atoms with Gasteiger partial charge in [0.2, 0.25) is 0 Å². The largest absolute Gasteiger partial charge is 0.467 e. The van der Waals surface area contributed by atoms with Crippen LogP contribution in [0.5, 0.6) is 0 Å². The van der Waals surface area contributed by atoms with Crippen LogP contribution in [0.1, 0.15) is 32.6 Å². The van der Waals surface area contributed by atoms with Crippen LogP contribution < -0.4 is 0 Å². The highest BCUT2D eigenvalue weighted by molar-refractivity contribution is 8.03. The molecule has 3 rings (SSSR count). The number of carbonyl (C=O) groups is 2. The maximum Gasteiger partial charge on any atom is 0.339 e. The second-order valence-electron chi connectivity index (χ2n) is 6.79. The van der Waals surface area contributed by atoms with Crippen molar-refractivity contribution in [1.29, 1.82) is 0 Å². The second-order valence-corrected chi connectivity index (χ2v) is 10.1. The van der Waals surface area contributed by atoms with E-state index in [1.807, 2.05) is 11.8 Å². The Kier molecular flexibility index (Phi) is 5.34. The molecule has 0 aliphatic carbocycles. The van der Waals surface area contributed by atoms with Crippen molar-refractivity contribution >= 4 is 33.5 Å². The first-order chi connectivity index (χ1) is 11.8. The molecule has 1 amide bonds. The maximum absolute atomic E-state index is 13.0. The van der Waals surface area contributed by atoms with Crippen LogP contribution in [-0.2, 0) is 24.2 Å². The summed E-state index contributed by atoms with van der Waals surface area (Å²) >= 11 is 1.27. The van der Waals surface area contributed by atoms with Crippen LogP contribution >= 0.6 is 11.8 Å². The van der Waals surface area contributed by atoms with Crippen LogP contribution in [0.25, 0.3) is 0 Å². The lowest BCUT2D eigenvalue weighted by atomic mass is 10.1. The van der Waals surface area contributed by atoms with Crippen molar-refractivity contribution in [3.63, 3.8) is 0 Å². The standard InChI is InChI=1S/C16H24N2O5S2/c1-11-4-3-7-17(11)14(19)13-10-24-15(16(20)23-2)18(13)12-5-8-25(21,22)9-6-12/h10-12,15H,3-9H2,1-2H3/t11?,15-/m0/s1. The number of methoxy groups -OCH3 is 1. The molecule has 0 N–H and O–H groups in total. The fraction of sp³-hybridized carbons (Fsp3) is 0.750. The van der Waals surface area contributed by atoms with Crippen LogP contribution in [0.2, 0.25) is 0 Å². The number of thioether (sulfide) groups is 1. The molecule has 25 heavy (non-hydrogen) atoms. The van der Waals surface area contributed by atoms with Crippen molar-refractivity contribution in [3.8, 4) is 0 Å². The van der Waals surface area contributed by atoms with E-state index < -0.39 is 21.2 Å². The number of nitrogens with zero attached hydrogens (tertiary/aromatic N) is 2. The van der Waals surface area contributed by atoms with Crippen molar-refractivity contribution in [2.45, 2.75) is 50.1 Å². The Bertz CT molecular complexity index is 677. The summed E-state index contributed by atoms with van der Waals surface area (Å²) < 4.78 is 28.4. The summed E-state index contributed by atoms with van der Waals surface area (Å²) in [5.74, 6) is -0.299. The van der Waals surface area contributed by atoms with E-state index in [4.69, 9.17) is 4.74 Å². The summed E-state index contributed by atoms with van der Waals surface area (Å²) in [6, 6.07) is 0.0416. The first kappa shape index (κ1) is 18.6. The van der Waals surface area contributed by atoms with Crippen LogP contribution in [0.15, 0.2) is 11.1 Å². The molecule has 7 nitrogen and oxygen atoms in total. The number of sulfone groups is 1. The number of esters is 1. The summed E-state index contributed by atoms with van der Waals surface area (Å²) in [6.07, 6.45) is 2.82. The summed E-state index contributed by atoms with van der Waals surface area (Å²) in [7, 11) is -1.69. The number of ether oxygens (including phenoxy) is 1. The van der Waals surface area contributed by atoms with E-state index in [0.717, 1.165) is 19.4 Å². The molecule has 3 heterocycles. The normalized spacial score (nSPS) is 29.6. The number of hydrogen-bond acceptors (Lipinski definition) is 7. The van der Waals surface area contributed by atoms with E-state index >= 15 is 0 Å². The van der Waals surface area contributed by atoms with Crippen LogP contribution in [0.3, 0.4) is 0 Å². The number of likely N-dealkylation sites (tertiary alicyclic amines) is 1. The van der Waals surface area contributed by atoms with E-state index in [1.54, 1.807) is 10.3 Å². The third-order valence-corrected chi connectivity index (χ3v) is 7.94. The Morgan fingerprint density at radius 3 is 2.48 bits per heavy atom. The highest BCUT2D eigenvalue weighted by Crippen LogP contribution is 2.38. The Hall–Kier alpha value is -1.22. The van der Waals surface area contributed by atoms with E-state index in [2.05, 4.69) is 0 Å². The van der Waals surface area contributed by atoms with Gasteiger partial charge in [0, 0.05) is 24.0 Å². The SMILES string of the molecule is COC(=O)[C@@H]1SC=C(C(=O)N2CCCC2C)N1C1CCS(=O)(=O)CC1. The first-order valence-corrected chi connectivity index (χ1v) is 11.3. The molecule has 3 aliphatic heterocycles. The molecule has 0 aromatic rings. The van der Waals surface area contributed by atoms with Crippen molar-refractivity contribution in [2.75, 3.05) is 25.2 Å². The highest BCUT2D eigenvalue weighted by Gasteiger charge is 2.44. The van der Waals surface area contributed by atoms with Gasteiger partial charge >= 0.3 is 5.97 Å². The van der Waals surface area contributed by atoms with Gasteiger partial charge in [0.05, 0.1) is 18.6 Å². The third-order valence-electron chi connectivity index (χ3n) is 5.19.